The first kappa shape index (κ1) is 79.5. The van der Waals surface area contributed by atoms with E-state index in [0.29, 0.717) is 76.1 Å². The van der Waals surface area contributed by atoms with Gasteiger partial charge in [-0.05, 0) is 158 Å². The fraction of sp³-hybridized carbons (Fsp3) is 0.152. The highest BCUT2D eigenvalue weighted by Gasteiger charge is 2.29. The lowest BCUT2D eigenvalue weighted by Gasteiger charge is -2.24. The number of ether oxygens (including phenoxy) is 4. The first-order chi connectivity index (χ1) is 53.5. The summed E-state index contributed by atoms with van der Waals surface area (Å²) in [6, 6.07) is 42.6. The molecule has 111 heavy (non-hydrogen) atoms. The van der Waals surface area contributed by atoms with Gasteiger partial charge in [0.25, 0.3) is 30.1 Å². The number of nitrogens with zero attached hydrogens (tertiary/aromatic N) is 10. The van der Waals surface area contributed by atoms with Crippen LogP contribution in [0.5, 0.6) is 11.5 Å². The molecule has 0 radical (unpaired) electrons. The first-order valence-corrected chi connectivity index (χ1v) is 41.7. The fourth-order valence-electron chi connectivity index (χ4n) is 12.4. The van der Waals surface area contributed by atoms with Crippen LogP contribution in [-0.4, -0.2) is 101 Å². The number of hydrogen-bond acceptors (Lipinski definition) is 17. The second-order valence-corrected chi connectivity index (χ2v) is 33.8. The summed E-state index contributed by atoms with van der Waals surface area (Å²) in [5, 5.41) is 20.7. The van der Waals surface area contributed by atoms with E-state index in [1.54, 1.807) is 109 Å². The zero-order valence-electron chi connectivity index (χ0n) is 57.6. The molecule has 0 unspecified atom stereocenters. The highest BCUT2D eigenvalue weighted by molar-refractivity contribution is 14.1. The van der Waals surface area contributed by atoms with Crippen molar-refractivity contribution in [3.05, 3.63) is 280 Å². The maximum absolute atomic E-state index is 15.1. The number of halogens is 9. The number of benzene rings is 5. The van der Waals surface area contributed by atoms with Crippen molar-refractivity contribution in [1.29, 1.82) is 10.5 Å². The van der Waals surface area contributed by atoms with E-state index in [9.17, 15) is 53.3 Å². The van der Waals surface area contributed by atoms with Crippen molar-refractivity contribution < 1.29 is 66.2 Å². The summed E-state index contributed by atoms with van der Waals surface area (Å²) in [5.41, 5.74) is 5.67. The normalized spacial score (nSPS) is 14.0. The number of allylic oxidation sites excluding steroid dienone is 2. The predicted molar refractivity (Wildman–Crippen MR) is 432 cm³/mol. The molecule has 2 saturated heterocycles. The van der Waals surface area contributed by atoms with Crippen LogP contribution in [-0.2, 0) is 52.4 Å². The number of hydrogen-bond donors (Lipinski definition) is 0. The van der Waals surface area contributed by atoms with Crippen molar-refractivity contribution in [2.45, 2.75) is 65.4 Å². The molecule has 0 saturated carbocycles. The zero-order chi connectivity index (χ0) is 78.3. The van der Waals surface area contributed by atoms with Gasteiger partial charge in [0.05, 0.1) is 110 Å². The van der Waals surface area contributed by atoms with Crippen LogP contribution in [0.4, 0.5) is 22.0 Å². The monoisotopic (exact) mass is 1910 g/mol. The van der Waals surface area contributed by atoms with Gasteiger partial charge in [-0.15, -0.1) is 0 Å². The standard InChI is InChI=1S/C25H19FIN3O4S.C25H20FN3O4S.C13H8FIN2O2S.C8H5ClFN.C8H5FIN/c26-21-15-29-25-20(13-23(27)30(25)35(31,32)19-4-2-1-3-5-19)24(21)16-6-7-22(17(12-16)14-28)34-18-8-10-33-11-9-18;26-22-16-28-25-21(8-11-29(25)34(30,31)20-4-2-1-3-5-20)24(22)17-6-7-23(18(14-17)15-27)33-19-9-12-32-13-10-19;14-11-8-16-13-10(12(11)15)6-7-17(13)20(18,19)9-4-2-1-3-5-9;9-8-5-2-1-3-7(5)11-4-6(8)10;9-6-4-11-7-3-1-2-5(7)8(6)10/h1-7,12-13,15,18H,8-11H2;1-8,11,14,16,19H,9-10,12-13H2;1-8H;2*1-2,4H,3H2. The number of pyridine rings is 5. The molecule has 4 aliphatic rings. The van der Waals surface area contributed by atoms with E-state index in [1.807, 2.05) is 86.0 Å². The topological polar surface area (TPSA) is 266 Å². The summed E-state index contributed by atoms with van der Waals surface area (Å²) in [6.07, 6.45) is 20.3. The van der Waals surface area contributed by atoms with Crippen LogP contribution in [0.3, 0.4) is 0 Å². The molecule has 8 aromatic heterocycles. The van der Waals surface area contributed by atoms with Crippen LogP contribution in [0, 0.1) is 62.6 Å². The van der Waals surface area contributed by atoms with Crippen molar-refractivity contribution in [2.24, 2.45) is 0 Å². The Labute approximate surface area is 679 Å². The van der Waals surface area contributed by atoms with Crippen molar-refractivity contribution in [3.8, 4) is 45.9 Å². The number of nitriles is 2. The van der Waals surface area contributed by atoms with Crippen LogP contribution in [0.2, 0.25) is 5.02 Å². The Bertz CT molecular complexity index is 6180. The van der Waals surface area contributed by atoms with Gasteiger partial charge in [0.2, 0.25) is 0 Å². The minimum absolute atomic E-state index is 0.0479. The van der Waals surface area contributed by atoms with Crippen molar-refractivity contribution >= 4 is 155 Å². The predicted octanol–water partition coefficient (Wildman–Crippen LogP) is 17.5. The molecule has 0 atom stereocenters. The molecule has 2 aliphatic heterocycles. The van der Waals surface area contributed by atoms with E-state index >= 15 is 4.39 Å². The third-order valence-corrected chi connectivity index (χ3v) is 26.6. The third-order valence-electron chi connectivity index (χ3n) is 17.9. The van der Waals surface area contributed by atoms with E-state index in [0.717, 1.165) is 97.7 Å². The highest BCUT2D eigenvalue weighted by Crippen LogP contribution is 2.40. The van der Waals surface area contributed by atoms with Crippen LogP contribution < -0.4 is 9.47 Å². The smallest absolute Gasteiger partial charge is 0.270 e. The number of fused-ring (bicyclic) bond motifs is 5. The number of rotatable bonds is 12. The molecular formula is C79H57ClF5I3N10O10S3. The van der Waals surface area contributed by atoms with Crippen LogP contribution in [0.25, 0.3) is 67.5 Å². The Balaban J connectivity index is 0.000000131. The minimum Gasteiger partial charge on any atom is -0.489 e. The van der Waals surface area contributed by atoms with E-state index in [-0.39, 0.29) is 76.9 Å². The van der Waals surface area contributed by atoms with Crippen molar-refractivity contribution in [2.75, 3.05) is 26.4 Å². The molecule has 32 heteroatoms. The number of aromatic nitrogens is 8. The molecule has 10 heterocycles. The molecule has 0 amide bonds. The summed E-state index contributed by atoms with van der Waals surface area (Å²) in [7, 11) is -11.6. The van der Waals surface area contributed by atoms with Crippen molar-refractivity contribution in [3.63, 3.8) is 0 Å². The highest BCUT2D eigenvalue weighted by atomic mass is 127. The van der Waals surface area contributed by atoms with Gasteiger partial charge in [-0.25, -0.2) is 74.1 Å². The minimum atomic E-state index is -3.96. The SMILES string of the molecule is Fc1cnc2c(c1Cl)C=CC2.Fc1cnc2c(c1I)C=CC2.N#Cc1cc(-c2c(F)cnc3c2cc(I)n3S(=O)(=O)c2ccccc2)ccc1OC1CCOCC1.N#Cc1cc(-c2c(F)cnc3c2ccn3S(=O)(=O)c2ccccc2)ccc1OC1CCOCC1.O=S(=O)(c1ccccc1)n1ccc2c(I)c(F)cnc21. The lowest BCUT2D eigenvalue weighted by molar-refractivity contribution is 0.0252. The maximum Gasteiger partial charge on any atom is 0.270 e. The van der Waals surface area contributed by atoms with E-state index in [4.69, 9.17) is 30.5 Å². The third kappa shape index (κ3) is 17.0. The summed E-state index contributed by atoms with van der Waals surface area (Å²) < 4.78 is 175. The average Bonchev–Trinajstić information content (AvgIpc) is 1.61. The molecule has 20 nitrogen and oxygen atoms in total. The van der Waals surface area contributed by atoms with Gasteiger partial charge in [-0.3, -0.25) is 9.97 Å². The first-order valence-electron chi connectivity index (χ1n) is 33.8. The van der Waals surface area contributed by atoms with Gasteiger partial charge in [0.15, 0.2) is 34.4 Å². The molecule has 0 bridgehead atoms. The van der Waals surface area contributed by atoms with E-state index in [1.165, 1.54) is 61.1 Å². The quantitative estimate of drug-likeness (QED) is 0.0812. The van der Waals surface area contributed by atoms with Gasteiger partial charge < -0.3 is 18.9 Å². The molecule has 0 spiro atoms. The zero-order valence-corrected chi connectivity index (χ0v) is 67.3. The van der Waals surface area contributed by atoms with Crippen LogP contribution >= 0.6 is 79.4 Å². The molecule has 2 aliphatic carbocycles. The lowest BCUT2D eigenvalue weighted by atomic mass is 10.0. The second kappa shape index (κ2) is 34.6. The molecule has 2 fully saturated rings. The Morgan fingerprint density at radius 1 is 0.459 bits per heavy atom. The van der Waals surface area contributed by atoms with Gasteiger partial charge in [0, 0.05) is 89.3 Å². The molecule has 564 valence electrons. The summed E-state index contributed by atoms with van der Waals surface area (Å²) in [4.78, 5) is 20.3. The Kier molecular flexibility index (Phi) is 24.8. The molecule has 13 aromatic rings. The van der Waals surface area contributed by atoms with Crippen LogP contribution in [0.1, 0.15) is 59.3 Å². The molecule has 17 rings (SSSR count). The maximum atomic E-state index is 15.1. The summed E-state index contributed by atoms with van der Waals surface area (Å²) >= 11 is 11.4. The Hall–Kier alpha value is -9.57. The van der Waals surface area contributed by atoms with Crippen LogP contribution in [0.15, 0.2) is 216 Å². The molecule has 5 aromatic carbocycles. The summed E-state index contributed by atoms with van der Waals surface area (Å²) in [6.45, 7) is 2.42. The van der Waals surface area contributed by atoms with Gasteiger partial charge >= 0.3 is 0 Å². The van der Waals surface area contributed by atoms with Crippen molar-refractivity contribution in [1.82, 2.24) is 36.8 Å². The molecular weight excluding hydrogens is 1860 g/mol. The average molecular weight is 1910 g/mol. The van der Waals surface area contributed by atoms with E-state index in [2.05, 4.69) is 37.1 Å². The Morgan fingerprint density at radius 3 is 1.36 bits per heavy atom. The van der Waals surface area contributed by atoms with E-state index < -0.39 is 53.3 Å². The lowest BCUT2D eigenvalue weighted by Crippen LogP contribution is -2.26. The Morgan fingerprint density at radius 2 is 0.865 bits per heavy atom. The summed E-state index contributed by atoms with van der Waals surface area (Å²) in [5.74, 6) is -1.53. The second-order valence-electron chi connectivity index (χ2n) is 24.8. The largest absolute Gasteiger partial charge is 0.489 e. The fourth-order valence-corrected chi connectivity index (χ4v) is 19.1. The van der Waals surface area contributed by atoms with Gasteiger partial charge in [-0.2, -0.15) is 10.5 Å². The van der Waals surface area contributed by atoms with Gasteiger partial charge in [-0.1, -0.05) is 103 Å². The van der Waals surface area contributed by atoms with Gasteiger partial charge in [0.1, 0.15) is 47.5 Å². The molecule has 0 N–H and O–H groups in total.